The fourth-order valence-electron chi connectivity index (χ4n) is 3.14. The maximum atomic E-state index is 12.9. The number of nitrogens with one attached hydrogen (secondary N) is 2. The molecule has 2 aromatic heterocycles. The first-order chi connectivity index (χ1) is 16.4. The Labute approximate surface area is 197 Å². The molecular formula is C23H28N8O3. The first kappa shape index (κ1) is 24.5. The standard InChI is InChI=1S/C23H28N8O3/c1-3-21(32)29-18-8-20(14(2)26-12-18)30-23(33)22(31-25)19-5-4-15(10-28-19)16(9-24)11-27-17-6-7-34-13-17/h4-5,8-12,17H,3,6-7,13,24-25H2,1-2H3,(H,29,32)(H,30,33)/b16-9+,27-11?,31-22+. The van der Waals surface area contributed by atoms with Gasteiger partial charge < -0.3 is 26.9 Å². The number of amides is 2. The summed E-state index contributed by atoms with van der Waals surface area (Å²) in [6, 6.07) is 5.11. The summed E-state index contributed by atoms with van der Waals surface area (Å²) in [7, 11) is 0. The molecule has 6 N–H and O–H groups in total. The van der Waals surface area contributed by atoms with Crippen molar-refractivity contribution < 1.29 is 14.3 Å². The molecule has 34 heavy (non-hydrogen) atoms. The average Bonchev–Trinajstić information content (AvgIpc) is 3.36. The highest BCUT2D eigenvalue weighted by Gasteiger charge is 2.18. The third kappa shape index (κ3) is 6.23. The van der Waals surface area contributed by atoms with E-state index in [9.17, 15) is 9.59 Å². The molecule has 2 amide bonds. The van der Waals surface area contributed by atoms with E-state index in [0.29, 0.717) is 42.3 Å². The van der Waals surface area contributed by atoms with Crippen molar-refractivity contribution in [2.45, 2.75) is 32.7 Å². The van der Waals surface area contributed by atoms with Crippen LogP contribution in [0.4, 0.5) is 11.4 Å². The SMILES string of the molecule is CCC(=O)Nc1cnc(C)c(NC(=O)/C(=N/N)c2ccc(/C(C=NC3CCOC3)=C/N)cn2)c1. The van der Waals surface area contributed by atoms with Crippen molar-refractivity contribution in [2.75, 3.05) is 23.8 Å². The minimum Gasteiger partial charge on any atom is -0.404 e. The molecule has 1 aliphatic rings. The monoisotopic (exact) mass is 464 g/mol. The summed E-state index contributed by atoms with van der Waals surface area (Å²) >= 11 is 0. The normalized spacial score (nSPS) is 16.6. The number of hydrogen-bond donors (Lipinski definition) is 4. The van der Waals surface area contributed by atoms with E-state index in [0.717, 1.165) is 12.0 Å². The molecule has 1 aliphatic heterocycles. The minimum absolute atomic E-state index is 0.0657. The van der Waals surface area contributed by atoms with Gasteiger partial charge in [-0.2, -0.15) is 5.10 Å². The molecule has 0 aliphatic carbocycles. The van der Waals surface area contributed by atoms with Gasteiger partial charge in [-0.15, -0.1) is 0 Å². The molecule has 0 radical (unpaired) electrons. The molecule has 3 heterocycles. The van der Waals surface area contributed by atoms with Gasteiger partial charge >= 0.3 is 0 Å². The minimum atomic E-state index is -0.566. The van der Waals surface area contributed by atoms with E-state index in [2.05, 4.69) is 30.7 Å². The van der Waals surface area contributed by atoms with Crippen molar-refractivity contribution in [1.29, 1.82) is 0 Å². The Hall–Kier alpha value is -4.12. The number of hydrazone groups is 1. The molecule has 1 unspecified atom stereocenters. The number of carbonyl (C=O) groups is 2. The first-order valence-electron chi connectivity index (χ1n) is 10.8. The van der Waals surface area contributed by atoms with Crippen molar-refractivity contribution in [3.8, 4) is 0 Å². The molecule has 3 rings (SSSR count). The van der Waals surface area contributed by atoms with Crippen LogP contribution >= 0.6 is 0 Å². The lowest BCUT2D eigenvalue weighted by molar-refractivity contribution is -0.116. The molecule has 0 spiro atoms. The van der Waals surface area contributed by atoms with Gasteiger partial charge in [-0.1, -0.05) is 13.0 Å². The summed E-state index contributed by atoms with van der Waals surface area (Å²) < 4.78 is 5.32. The van der Waals surface area contributed by atoms with Crippen LogP contribution in [-0.4, -0.2) is 53.0 Å². The second-order valence-electron chi connectivity index (χ2n) is 7.54. The summed E-state index contributed by atoms with van der Waals surface area (Å²) in [4.78, 5) is 37.5. The number of aryl methyl sites for hydroxylation is 1. The number of hydrogen-bond acceptors (Lipinski definition) is 9. The van der Waals surface area contributed by atoms with Crippen LogP contribution in [0.3, 0.4) is 0 Å². The zero-order valence-corrected chi connectivity index (χ0v) is 19.1. The van der Waals surface area contributed by atoms with Crippen molar-refractivity contribution in [3.63, 3.8) is 0 Å². The number of carbonyl (C=O) groups excluding carboxylic acids is 2. The summed E-state index contributed by atoms with van der Waals surface area (Å²) in [6.07, 6.45) is 7.42. The third-order valence-electron chi connectivity index (χ3n) is 5.13. The summed E-state index contributed by atoms with van der Waals surface area (Å²) in [5.41, 5.74) is 8.83. The number of allylic oxidation sites excluding steroid dienone is 1. The molecule has 11 heteroatoms. The van der Waals surface area contributed by atoms with Gasteiger partial charge in [0.2, 0.25) is 5.91 Å². The molecule has 178 valence electrons. The summed E-state index contributed by atoms with van der Waals surface area (Å²) in [5.74, 6) is 4.77. The predicted octanol–water partition coefficient (Wildman–Crippen LogP) is 1.59. The van der Waals surface area contributed by atoms with E-state index in [4.69, 9.17) is 16.3 Å². The number of ether oxygens (including phenoxy) is 1. The number of aliphatic imine (C=N–C) groups is 1. The van der Waals surface area contributed by atoms with Crippen LogP contribution in [0.1, 0.15) is 36.7 Å². The Morgan fingerprint density at radius 2 is 2.09 bits per heavy atom. The van der Waals surface area contributed by atoms with Gasteiger partial charge in [0.25, 0.3) is 5.91 Å². The van der Waals surface area contributed by atoms with Crippen LogP contribution in [0.25, 0.3) is 5.57 Å². The molecule has 2 aromatic rings. The lowest BCUT2D eigenvalue weighted by Crippen LogP contribution is -2.26. The van der Waals surface area contributed by atoms with Crippen molar-refractivity contribution in [2.24, 2.45) is 21.7 Å². The smallest absolute Gasteiger partial charge is 0.278 e. The molecule has 11 nitrogen and oxygen atoms in total. The Morgan fingerprint density at radius 3 is 2.71 bits per heavy atom. The molecule has 1 atom stereocenters. The molecule has 0 bridgehead atoms. The molecule has 0 aromatic carbocycles. The van der Waals surface area contributed by atoms with Crippen molar-refractivity contribution in [3.05, 3.63) is 53.7 Å². The largest absolute Gasteiger partial charge is 0.404 e. The van der Waals surface area contributed by atoms with E-state index in [-0.39, 0.29) is 23.4 Å². The lowest BCUT2D eigenvalue weighted by Gasteiger charge is -2.11. The van der Waals surface area contributed by atoms with Gasteiger partial charge in [-0.3, -0.25) is 24.5 Å². The topological polar surface area (TPSA) is 170 Å². The van der Waals surface area contributed by atoms with Crippen LogP contribution in [0, 0.1) is 6.92 Å². The van der Waals surface area contributed by atoms with E-state index >= 15 is 0 Å². The Morgan fingerprint density at radius 1 is 1.26 bits per heavy atom. The van der Waals surface area contributed by atoms with Gasteiger partial charge in [0, 0.05) is 42.8 Å². The number of pyridine rings is 2. The highest BCUT2D eigenvalue weighted by molar-refractivity contribution is 6.48. The van der Waals surface area contributed by atoms with E-state index in [1.54, 1.807) is 44.5 Å². The van der Waals surface area contributed by atoms with Crippen molar-refractivity contribution >= 4 is 40.7 Å². The molecule has 1 fully saturated rings. The molecule has 1 saturated heterocycles. The van der Waals surface area contributed by atoms with Crippen LogP contribution in [0.2, 0.25) is 0 Å². The van der Waals surface area contributed by atoms with Crippen LogP contribution in [0.5, 0.6) is 0 Å². The second kappa shape index (κ2) is 11.7. The van der Waals surface area contributed by atoms with E-state index < -0.39 is 5.91 Å². The average molecular weight is 465 g/mol. The number of nitrogens with zero attached hydrogens (tertiary/aromatic N) is 4. The van der Waals surface area contributed by atoms with E-state index in [1.807, 2.05) is 0 Å². The second-order valence-corrected chi connectivity index (χ2v) is 7.54. The summed E-state index contributed by atoms with van der Waals surface area (Å²) in [5, 5.41) is 9.05. The van der Waals surface area contributed by atoms with Crippen LogP contribution < -0.4 is 22.2 Å². The first-order valence-corrected chi connectivity index (χ1v) is 10.8. The number of aromatic nitrogens is 2. The fraction of sp³-hybridized carbons (Fsp3) is 0.304. The highest BCUT2D eigenvalue weighted by Crippen LogP contribution is 2.19. The Balaban J connectivity index is 1.73. The fourth-order valence-corrected chi connectivity index (χ4v) is 3.14. The molecule has 0 saturated carbocycles. The quantitative estimate of drug-likeness (QED) is 0.261. The van der Waals surface area contributed by atoms with Gasteiger partial charge in [0.1, 0.15) is 0 Å². The Bertz CT molecular complexity index is 1120. The third-order valence-corrected chi connectivity index (χ3v) is 5.13. The number of nitrogens with two attached hydrogens (primary N) is 2. The maximum absolute atomic E-state index is 12.9. The van der Waals surface area contributed by atoms with Crippen LogP contribution in [0.15, 0.2) is 46.9 Å². The van der Waals surface area contributed by atoms with Gasteiger partial charge in [0.15, 0.2) is 5.71 Å². The highest BCUT2D eigenvalue weighted by atomic mass is 16.5. The zero-order valence-electron chi connectivity index (χ0n) is 19.1. The lowest BCUT2D eigenvalue weighted by atomic mass is 10.1. The number of anilines is 2. The van der Waals surface area contributed by atoms with Crippen LogP contribution in [-0.2, 0) is 14.3 Å². The predicted molar refractivity (Wildman–Crippen MR) is 131 cm³/mol. The van der Waals surface area contributed by atoms with E-state index in [1.165, 1.54) is 12.4 Å². The summed E-state index contributed by atoms with van der Waals surface area (Å²) in [6.45, 7) is 4.77. The van der Waals surface area contributed by atoms with Gasteiger partial charge in [-0.25, -0.2) is 0 Å². The number of rotatable bonds is 8. The zero-order chi connectivity index (χ0) is 24.5. The van der Waals surface area contributed by atoms with Crippen molar-refractivity contribution in [1.82, 2.24) is 9.97 Å². The van der Waals surface area contributed by atoms with Gasteiger partial charge in [0.05, 0.1) is 41.6 Å². The maximum Gasteiger partial charge on any atom is 0.278 e. The molecular weight excluding hydrogens is 436 g/mol. The van der Waals surface area contributed by atoms with Gasteiger partial charge in [-0.05, 0) is 25.5 Å². The Kier molecular flexibility index (Phi) is 8.41.